The number of amides is 1. The molecular formula is C14H18BrNO4. The molecule has 1 aromatic rings. The number of hydrogen-bond acceptors (Lipinski definition) is 3. The predicted octanol–water partition coefficient (Wildman–Crippen LogP) is 2.46. The Hall–Kier alpha value is -1.56. The average Bonchev–Trinajstić information content (AvgIpc) is 2.38. The van der Waals surface area contributed by atoms with Crippen LogP contribution in [-0.4, -0.2) is 42.1 Å². The van der Waals surface area contributed by atoms with Crippen molar-refractivity contribution < 1.29 is 19.4 Å². The first-order valence-corrected chi connectivity index (χ1v) is 7.04. The highest BCUT2D eigenvalue weighted by Gasteiger charge is 2.10. The van der Waals surface area contributed by atoms with E-state index in [9.17, 15) is 9.59 Å². The summed E-state index contributed by atoms with van der Waals surface area (Å²) in [6, 6.07) is 5.72. The van der Waals surface area contributed by atoms with Gasteiger partial charge in [0.15, 0.2) is 0 Å². The highest BCUT2D eigenvalue weighted by Crippen LogP contribution is 2.25. The Morgan fingerprint density at radius 3 is 2.65 bits per heavy atom. The molecule has 1 N–H and O–H groups in total. The monoisotopic (exact) mass is 343 g/mol. The van der Waals surface area contributed by atoms with E-state index in [4.69, 9.17) is 9.84 Å². The van der Waals surface area contributed by atoms with Crippen LogP contribution in [0.1, 0.15) is 18.4 Å². The van der Waals surface area contributed by atoms with E-state index in [-0.39, 0.29) is 31.9 Å². The zero-order chi connectivity index (χ0) is 15.1. The molecule has 0 aliphatic carbocycles. The van der Waals surface area contributed by atoms with Gasteiger partial charge in [-0.3, -0.25) is 9.59 Å². The third kappa shape index (κ3) is 5.61. The molecule has 1 aromatic carbocycles. The summed E-state index contributed by atoms with van der Waals surface area (Å²) >= 11 is 3.40. The fourth-order valence-corrected chi connectivity index (χ4v) is 2.16. The molecule has 0 spiro atoms. The SMILES string of the molecule is Cc1ccc(OCCC(=O)N(C)CCC(=O)O)c(Br)c1. The number of benzene rings is 1. The van der Waals surface area contributed by atoms with Crippen LogP contribution >= 0.6 is 15.9 Å². The molecule has 0 unspecified atom stereocenters. The van der Waals surface area contributed by atoms with Crippen molar-refractivity contribution in [2.75, 3.05) is 20.2 Å². The van der Waals surface area contributed by atoms with Gasteiger partial charge in [0.1, 0.15) is 5.75 Å². The summed E-state index contributed by atoms with van der Waals surface area (Å²) in [5, 5.41) is 8.55. The molecular weight excluding hydrogens is 326 g/mol. The second kappa shape index (κ2) is 7.89. The van der Waals surface area contributed by atoms with Crippen molar-refractivity contribution in [3.63, 3.8) is 0 Å². The predicted molar refractivity (Wildman–Crippen MR) is 78.9 cm³/mol. The molecule has 0 aliphatic heterocycles. The summed E-state index contributed by atoms with van der Waals surface area (Å²) in [5.41, 5.74) is 1.12. The third-order valence-electron chi connectivity index (χ3n) is 2.75. The van der Waals surface area contributed by atoms with Gasteiger partial charge in [-0.25, -0.2) is 0 Å². The Morgan fingerprint density at radius 2 is 2.05 bits per heavy atom. The molecule has 6 heteroatoms. The molecule has 5 nitrogen and oxygen atoms in total. The number of hydrogen-bond donors (Lipinski definition) is 1. The van der Waals surface area contributed by atoms with Gasteiger partial charge in [-0.1, -0.05) is 6.07 Å². The highest BCUT2D eigenvalue weighted by molar-refractivity contribution is 9.10. The number of carbonyl (C=O) groups excluding carboxylic acids is 1. The molecule has 0 radical (unpaired) electrons. The lowest BCUT2D eigenvalue weighted by atomic mass is 10.2. The van der Waals surface area contributed by atoms with Crippen LogP contribution in [0.2, 0.25) is 0 Å². The van der Waals surface area contributed by atoms with Gasteiger partial charge in [-0.05, 0) is 40.5 Å². The minimum absolute atomic E-state index is 0.0490. The molecule has 1 rings (SSSR count). The van der Waals surface area contributed by atoms with Gasteiger partial charge in [0.25, 0.3) is 0 Å². The fraction of sp³-hybridized carbons (Fsp3) is 0.429. The minimum Gasteiger partial charge on any atom is -0.492 e. The number of carboxylic acid groups (broad SMARTS) is 1. The zero-order valence-corrected chi connectivity index (χ0v) is 13.1. The molecule has 20 heavy (non-hydrogen) atoms. The van der Waals surface area contributed by atoms with Crippen LogP contribution < -0.4 is 4.74 Å². The van der Waals surface area contributed by atoms with Gasteiger partial charge in [0, 0.05) is 13.6 Å². The molecule has 0 saturated heterocycles. The number of ether oxygens (including phenoxy) is 1. The molecule has 1 amide bonds. The van der Waals surface area contributed by atoms with Crippen molar-refractivity contribution in [2.24, 2.45) is 0 Å². The average molecular weight is 344 g/mol. The lowest BCUT2D eigenvalue weighted by Gasteiger charge is -2.16. The maximum atomic E-state index is 11.7. The summed E-state index contributed by atoms with van der Waals surface area (Å²) in [6.07, 6.45) is 0.170. The molecule has 0 heterocycles. The zero-order valence-electron chi connectivity index (χ0n) is 11.6. The topological polar surface area (TPSA) is 66.8 Å². The number of nitrogens with zero attached hydrogens (tertiary/aromatic N) is 1. The Kier molecular flexibility index (Phi) is 6.51. The first-order chi connectivity index (χ1) is 9.40. The van der Waals surface area contributed by atoms with Crippen LogP contribution in [-0.2, 0) is 9.59 Å². The smallest absolute Gasteiger partial charge is 0.305 e. The molecule has 0 saturated carbocycles. The van der Waals surface area contributed by atoms with Crippen molar-refractivity contribution in [1.82, 2.24) is 4.90 Å². The molecule has 0 atom stereocenters. The van der Waals surface area contributed by atoms with Crippen LogP contribution in [0.4, 0.5) is 0 Å². The van der Waals surface area contributed by atoms with Crippen molar-refractivity contribution in [1.29, 1.82) is 0 Å². The third-order valence-corrected chi connectivity index (χ3v) is 3.37. The summed E-state index contributed by atoms with van der Waals surface area (Å²) in [7, 11) is 1.59. The summed E-state index contributed by atoms with van der Waals surface area (Å²) < 4.78 is 6.38. The Morgan fingerprint density at radius 1 is 1.35 bits per heavy atom. The number of aliphatic carboxylic acids is 1. The van der Waals surface area contributed by atoms with Crippen LogP contribution in [0.15, 0.2) is 22.7 Å². The summed E-state index contributed by atoms with van der Waals surface area (Å²) in [4.78, 5) is 23.6. The Labute approximate surface area is 126 Å². The Bertz CT molecular complexity index is 490. The van der Waals surface area contributed by atoms with Gasteiger partial charge in [0.2, 0.25) is 5.91 Å². The maximum absolute atomic E-state index is 11.7. The molecule has 0 aliphatic rings. The van der Waals surface area contributed by atoms with Crippen LogP contribution in [0.25, 0.3) is 0 Å². The highest BCUT2D eigenvalue weighted by atomic mass is 79.9. The number of aryl methyl sites for hydroxylation is 1. The Balaban J connectivity index is 2.36. The second-order valence-electron chi connectivity index (χ2n) is 4.49. The van der Waals surface area contributed by atoms with Crippen molar-refractivity contribution in [2.45, 2.75) is 19.8 Å². The van der Waals surface area contributed by atoms with Crippen LogP contribution in [0.5, 0.6) is 5.75 Å². The number of carbonyl (C=O) groups is 2. The summed E-state index contributed by atoms with van der Waals surface area (Å²) in [5.74, 6) is -0.351. The first kappa shape index (κ1) is 16.5. The fourth-order valence-electron chi connectivity index (χ4n) is 1.55. The van der Waals surface area contributed by atoms with E-state index >= 15 is 0 Å². The largest absolute Gasteiger partial charge is 0.492 e. The first-order valence-electron chi connectivity index (χ1n) is 6.25. The van der Waals surface area contributed by atoms with E-state index in [1.807, 2.05) is 25.1 Å². The van der Waals surface area contributed by atoms with E-state index in [1.165, 1.54) is 4.90 Å². The molecule has 0 aromatic heterocycles. The number of halogens is 1. The van der Waals surface area contributed by atoms with Crippen molar-refractivity contribution in [3.8, 4) is 5.75 Å². The van der Waals surface area contributed by atoms with Gasteiger partial charge < -0.3 is 14.7 Å². The number of carboxylic acids is 1. The lowest BCUT2D eigenvalue weighted by molar-refractivity contribution is -0.138. The molecule has 110 valence electrons. The second-order valence-corrected chi connectivity index (χ2v) is 5.35. The quantitative estimate of drug-likeness (QED) is 0.825. The maximum Gasteiger partial charge on any atom is 0.305 e. The normalized spacial score (nSPS) is 10.2. The van der Waals surface area contributed by atoms with E-state index in [0.29, 0.717) is 5.75 Å². The number of rotatable bonds is 7. The van der Waals surface area contributed by atoms with Gasteiger partial charge in [0.05, 0.1) is 23.9 Å². The van der Waals surface area contributed by atoms with Crippen molar-refractivity contribution in [3.05, 3.63) is 28.2 Å². The standard InChI is InChI=1S/C14H18BrNO4/c1-10-3-4-12(11(15)9-10)20-8-6-13(17)16(2)7-5-14(18)19/h3-4,9H,5-8H2,1-2H3,(H,18,19). The van der Waals surface area contributed by atoms with Gasteiger partial charge in [-0.2, -0.15) is 0 Å². The minimum atomic E-state index is -0.913. The van der Waals surface area contributed by atoms with Crippen LogP contribution in [0.3, 0.4) is 0 Å². The van der Waals surface area contributed by atoms with Crippen LogP contribution in [0, 0.1) is 6.92 Å². The summed E-state index contributed by atoms with van der Waals surface area (Å²) in [6.45, 7) is 2.45. The van der Waals surface area contributed by atoms with Gasteiger partial charge in [-0.15, -0.1) is 0 Å². The molecule has 0 fully saturated rings. The van der Waals surface area contributed by atoms with E-state index in [2.05, 4.69) is 15.9 Å². The van der Waals surface area contributed by atoms with E-state index in [0.717, 1.165) is 10.0 Å². The van der Waals surface area contributed by atoms with Crippen molar-refractivity contribution >= 4 is 27.8 Å². The molecule has 0 bridgehead atoms. The van der Waals surface area contributed by atoms with Gasteiger partial charge >= 0.3 is 5.97 Å². The van der Waals surface area contributed by atoms with E-state index < -0.39 is 5.97 Å². The van der Waals surface area contributed by atoms with E-state index in [1.54, 1.807) is 7.05 Å². The lowest BCUT2D eigenvalue weighted by Crippen LogP contribution is -2.30.